The number of sulfonamides is 1. The van der Waals surface area contributed by atoms with Gasteiger partial charge in [0.1, 0.15) is 5.75 Å². The van der Waals surface area contributed by atoms with Gasteiger partial charge in [0.15, 0.2) is 12.0 Å². The van der Waals surface area contributed by atoms with Gasteiger partial charge in [-0.15, -0.1) is 0 Å². The molecule has 0 aliphatic carbocycles. The van der Waals surface area contributed by atoms with Crippen molar-refractivity contribution in [2.24, 2.45) is 5.14 Å². The van der Waals surface area contributed by atoms with E-state index in [4.69, 9.17) is 18.9 Å². The van der Waals surface area contributed by atoms with Gasteiger partial charge in [-0.25, -0.2) is 18.2 Å². The standard InChI is InChI=1S/C21H23F3N3O6PS/c1-3-32-34(28,33-4-2)14-31-17-9-5-15(6-10-17)19-13-20(21(22,23)24)26-27(19)16-7-11-18(12-8-16)35(25,29)30/h5-13H,3-4,14H2,1-2H3,(H2,25,29,30). The Kier molecular flexibility index (Phi) is 8.07. The molecule has 0 aliphatic heterocycles. The van der Waals surface area contributed by atoms with Gasteiger partial charge in [0.25, 0.3) is 0 Å². The van der Waals surface area contributed by atoms with Gasteiger partial charge in [0.2, 0.25) is 10.0 Å². The Labute approximate surface area is 200 Å². The third-order valence-electron chi connectivity index (χ3n) is 4.60. The van der Waals surface area contributed by atoms with E-state index in [0.29, 0.717) is 11.3 Å². The van der Waals surface area contributed by atoms with Crippen LogP contribution in [-0.4, -0.2) is 37.8 Å². The Morgan fingerprint density at radius 3 is 2.06 bits per heavy atom. The first kappa shape index (κ1) is 26.9. The molecule has 190 valence electrons. The molecule has 3 rings (SSSR count). The minimum atomic E-state index is -4.71. The summed E-state index contributed by atoms with van der Waals surface area (Å²) >= 11 is 0. The first-order chi connectivity index (χ1) is 16.4. The summed E-state index contributed by atoms with van der Waals surface area (Å²) in [5.41, 5.74) is -0.467. The second-order valence-corrected chi connectivity index (χ2v) is 10.7. The van der Waals surface area contributed by atoms with Gasteiger partial charge in [0, 0.05) is 5.56 Å². The molecule has 9 nitrogen and oxygen atoms in total. The zero-order valence-electron chi connectivity index (χ0n) is 18.7. The maximum atomic E-state index is 13.4. The molecule has 0 fully saturated rings. The van der Waals surface area contributed by atoms with Crippen LogP contribution in [0.5, 0.6) is 5.75 Å². The van der Waals surface area contributed by atoms with Gasteiger partial charge >= 0.3 is 13.8 Å². The summed E-state index contributed by atoms with van der Waals surface area (Å²) in [5, 5.41) is 8.74. The number of primary sulfonamides is 1. The summed E-state index contributed by atoms with van der Waals surface area (Å²) in [7, 11) is -7.42. The summed E-state index contributed by atoms with van der Waals surface area (Å²) in [5.74, 6) is 0.299. The molecule has 0 unspecified atom stereocenters. The van der Waals surface area contributed by atoms with Crippen LogP contribution < -0.4 is 9.88 Å². The zero-order chi connectivity index (χ0) is 25.9. The molecule has 3 aromatic rings. The fraction of sp³-hybridized carbons (Fsp3) is 0.286. The number of nitrogens with two attached hydrogens (primary N) is 1. The van der Waals surface area contributed by atoms with E-state index in [1.165, 1.54) is 48.5 Å². The van der Waals surface area contributed by atoms with Crippen molar-refractivity contribution in [2.75, 3.05) is 19.6 Å². The van der Waals surface area contributed by atoms with Gasteiger partial charge in [-0.05, 0) is 68.4 Å². The van der Waals surface area contributed by atoms with Crippen LogP contribution in [0.2, 0.25) is 0 Å². The minimum Gasteiger partial charge on any atom is -0.481 e. The third kappa shape index (κ3) is 6.71. The van der Waals surface area contributed by atoms with Crippen molar-refractivity contribution >= 4 is 17.6 Å². The van der Waals surface area contributed by atoms with Crippen LogP contribution in [0.1, 0.15) is 19.5 Å². The first-order valence-corrected chi connectivity index (χ1v) is 13.6. The number of rotatable bonds is 10. The van der Waals surface area contributed by atoms with E-state index in [1.807, 2.05) is 0 Å². The van der Waals surface area contributed by atoms with E-state index in [1.54, 1.807) is 13.8 Å². The van der Waals surface area contributed by atoms with Crippen molar-refractivity contribution < 1.29 is 39.9 Å². The van der Waals surface area contributed by atoms with Crippen molar-refractivity contribution in [3.8, 4) is 22.7 Å². The summed E-state index contributed by atoms with van der Waals surface area (Å²) in [6, 6.07) is 11.8. The summed E-state index contributed by atoms with van der Waals surface area (Å²) in [4.78, 5) is -0.191. The SMILES string of the molecule is CCOP(=O)(COc1ccc(-c2cc(C(F)(F)F)nn2-c2ccc(S(N)(=O)=O)cc2)cc1)OCC. The van der Waals surface area contributed by atoms with E-state index in [9.17, 15) is 26.2 Å². The second kappa shape index (κ2) is 10.5. The summed E-state index contributed by atoms with van der Waals surface area (Å²) in [6.45, 7) is 3.68. The molecular formula is C21H23F3N3O6PS. The van der Waals surface area contributed by atoms with E-state index in [0.717, 1.165) is 10.7 Å². The average molecular weight is 533 g/mol. The molecule has 2 aromatic carbocycles. The molecule has 0 aliphatic rings. The molecule has 35 heavy (non-hydrogen) atoms. The van der Waals surface area contributed by atoms with Crippen LogP contribution in [0.15, 0.2) is 59.5 Å². The highest BCUT2D eigenvalue weighted by molar-refractivity contribution is 7.89. The molecule has 1 aromatic heterocycles. The number of hydrogen-bond donors (Lipinski definition) is 1. The van der Waals surface area contributed by atoms with E-state index < -0.39 is 29.5 Å². The monoisotopic (exact) mass is 533 g/mol. The average Bonchev–Trinajstić information content (AvgIpc) is 3.24. The quantitative estimate of drug-likeness (QED) is 0.371. The number of ether oxygens (including phenoxy) is 1. The van der Waals surface area contributed by atoms with E-state index >= 15 is 0 Å². The number of halogens is 3. The topological polar surface area (TPSA) is 123 Å². The number of alkyl halides is 3. The van der Waals surface area contributed by atoms with Crippen molar-refractivity contribution in [2.45, 2.75) is 24.9 Å². The van der Waals surface area contributed by atoms with Crippen molar-refractivity contribution in [3.05, 3.63) is 60.3 Å². The Morgan fingerprint density at radius 1 is 1.00 bits per heavy atom. The molecule has 0 bridgehead atoms. The molecule has 0 amide bonds. The minimum absolute atomic E-state index is 0.0986. The molecule has 0 atom stereocenters. The van der Waals surface area contributed by atoms with Gasteiger partial charge in [-0.2, -0.15) is 18.3 Å². The number of benzene rings is 2. The van der Waals surface area contributed by atoms with Gasteiger partial charge in [-0.3, -0.25) is 4.57 Å². The highest BCUT2D eigenvalue weighted by Crippen LogP contribution is 2.48. The Morgan fingerprint density at radius 2 is 1.57 bits per heavy atom. The fourth-order valence-corrected chi connectivity index (χ4v) is 4.91. The van der Waals surface area contributed by atoms with Crippen molar-refractivity contribution in [1.82, 2.24) is 9.78 Å². The largest absolute Gasteiger partial charge is 0.481 e. The van der Waals surface area contributed by atoms with Crippen LogP contribution in [0, 0.1) is 0 Å². The Balaban J connectivity index is 1.93. The van der Waals surface area contributed by atoms with Crippen LogP contribution in [0.4, 0.5) is 13.2 Å². The van der Waals surface area contributed by atoms with Crippen LogP contribution in [0.3, 0.4) is 0 Å². The predicted octanol–water partition coefficient (Wildman–Crippen LogP) is 4.81. The number of nitrogens with zero attached hydrogens (tertiary/aromatic N) is 2. The van der Waals surface area contributed by atoms with Crippen LogP contribution in [0.25, 0.3) is 16.9 Å². The first-order valence-electron chi connectivity index (χ1n) is 10.3. The molecule has 0 radical (unpaired) electrons. The van der Waals surface area contributed by atoms with Crippen LogP contribution >= 0.6 is 7.60 Å². The second-order valence-electron chi connectivity index (χ2n) is 7.11. The highest BCUT2D eigenvalue weighted by Gasteiger charge is 2.35. The third-order valence-corrected chi connectivity index (χ3v) is 7.28. The lowest BCUT2D eigenvalue weighted by Gasteiger charge is -2.17. The summed E-state index contributed by atoms with van der Waals surface area (Å²) < 4.78 is 92.5. The lowest BCUT2D eigenvalue weighted by Crippen LogP contribution is -2.12. The van der Waals surface area contributed by atoms with E-state index in [-0.39, 0.29) is 35.8 Å². The molecule has 0 saturated heterocycles. The summed E-state index contributed by atoms with van der Waals surface area (Å²) in [6.07, 6.45) is -5.04. The lowest BCUT2D eigenvalue weighted by molar-refractivity contribution is -0.141. The van der Waals surface area contributed by atoms with Crippen molar-refractivity contribution in [1.29, 1.82) is 0 Å². The number of aromatic nitrogens is 2. The van der Waals surface area contributed by atoms with Gasteiger partial charge in [-0.1, -0.05) is 0 Å². The Hall–Kier alpha value is -2.70. The maximum absolute atomic E-state index is 13.4. The molecule has 14 heteroatoms. The van der Waals surface area contributed by atoms with Gasteiger partial charge in [0.05, 0.1) is 29.5 Å². The molecule has 1 heterocycles. The fourth-order valence-electron chi connectivity index (χ4n) is 3.08. The molecule has 0 spiro atoms. The molecule has 2 N–H and O–H groups in total. The lowest BCUT2D eigenvalue weighted by atomic mass is 10.1. The van der Waals surface area contributed by atoms with Gasteiger partial charge < -0.3 is 13.8 Å². The predicted molar refractivity (Wildman–Crippen MR) is 122 cm³/mol. The zero-order valence-corrected chi connectivity index (χ0v) is 20.4. The highest BCUT2D eigenvalue weighted by atomic mass is 32.2. The number of hydrogen-bond acceptors (Lipinski definition) is 7. The normalized spacial score (nSPS) is 12.6. The molecular weight excluding hydrogens is 510 g/mol. The Bertz CT molecular complexity index is 1300. The van der Waals surface area contributed by atoms with Crippen LogP contribution in [-0.2, 0) is 29.8 Å². The molecule has 0 saturated carbocycles. The van der Waals surface area contributed by atoms with E-state index in [2.05, 4.69) is 5.10 Å². The smallest absolute Gasteiger partial charge is 0.435 e. The van der Waals surface area contributed by atoms with Crippen molar-refractivity contribution in [3.63, 3.8) is 0 Å². The maximum Gasteiger partial charge on any atom is 0.435 e.